The molecule has 0 bridgehead atoms. The number of nitrogens with zero attached hydrogens (tertiary/aromatic N) is 4. The van der Waals surface area contributed by atoms with Crippen molar-refractivity contribution < 1.29 is 0 Å². The maximum Gasteiger partial charge on any atom is 0.146 e. The molecule has 1 aliphatic carbocycles. The first-order valence-electron chi connectivity index (χ1n) is 6.81. The van der Waals surface area contributed by atoms with E-state index < -0.39 is 0 Å². The smallest absolute Gasteiger partial charge is 0.146 e. The molecule has 0 spiro atoms. The van der Waals surface area contributed by atoms with Gasteiger partial charge in [-0.1, -0.05) is 6.07 Å². The normalized spacial score (nSPS) is 12.8. The van der Waals surface area contributed by atoms with E-state index in [4.69, 9.17) is 4.98 Å². The first-order valence-corrected chi connectivity index (χ1v) is 6.81. The Bertz CT molecular complexity index is 658. The summed E-state index contributed by atoms with van der Waals surface area (Å²) in [5.41, 5.74) is 4.16. The highest BCUT2D eigenvalue weighted by Gasteiger charge is 2.18. The molecule has 0 saturated carbocycles. The Morgan fingerprint density at radius 3 is 3.05 bits per heavy atom. The largest absolute Gasteiger partial charge is 0.354 e. The van der Waals surface area contributed by atoms with Crippen LogP contribution in [0.25, 0.3) is 0 Å². The number of rotatable bonds is 3. The second kappa shape index (κ2) is 5.30. The number of hydrogen-bond donors (Lipinski definition) is 0. The number of hydrogen-bond acceptors (Lipinski definition) is 4. The molecule has 0 atom stereocenters. The molecule has 2 aromatic rings. The molecule has 4 nitrogen and oxygen atoms in total. The molecule has 0 aromatic carbocycles. The zero-order valence-electron chi connectivity index (χ0n) is 11.5. The molecule has 0 unspecified atom stereocenters. The molecular weight excluding hydrogens is 248 g/mol. The lowest BCUT2D eigenvalue weighted by molar-refractivity contribution is 0.868. The van der Waals surface area contributed by atoms with Crippen LogP contribution >= 0.6 is 0 Å². The van der Waals surface area contributed by atoms with Crippen LogP contribution in [0.15, 0.2) is 30.6 Å². The molecule has 100 valence electrons. The summed E-state index contributed by atoms with van der Waals surface area (Å²) >= 11 is 0. The Labute approximate surface area is 118 Å². The SMILES string of the molecule is CN(Cc1cccnc1)c1nc2c(cc1C#N)CCC2. The van der Waals surface area contributed by atoms with Gasteiger partial charge < -0.3 is 4.90 Å². The first-order chi connectivity index (χ1) is 9.78. The van der Waals surface area contributed by atoms with Crippen molar-refractivity contribution in [2.75, 3.05) is 11.9 Å². The minimum atomic E-state index is 0.664. The van der Waals surface area contributed by atoms with Gasteiger partial charge in [0.2, 0.25) is 0 Å². The standard InChI is InChI=1S/C16H16N4/c1-20(11-12-4-3-7-18-10-12)16-14(9-17)8-13-5-2-6-15(13)19-16/h3-4,7-8,10H,2,5-6,11H2,1H3. The van der Waals surface area contributed by atoms with Gasteiger partial charge in [-0.05, 0) is 42.5 Å². The Morgan fingerprint density at radius 2 is 2.30 bits per heavy atom. The van der Waals surface area contributed by atoms with Gasteiger partial charge >= 0.3 is 0 Å². The molecule has 1 aliphatic rings. The third-order valence-corrected chi connectivity index (χ3v) is 3.66. The Hall–Kier alpha value is -2.41. The summed E-state index contributed by atoms with van der Waals surface area (Å²) in [4.78, 5) is 10.8. The molecule has 0 radical (unpaired) electrons. The lowest BCUT2D eigenvalue weighted by atomic mass is 10.1. The first kappa shape index (κ1) is 12.6. The molecule has 4 heteroatoms. The van der Waals surface area contributed by atoms with E-state index in [1.165, 1.54) is 5.56 Å². The van der Waals surface area contributed by atoms with Crippen LogP contribution in [-0.2, 0) is 19.4 Å². The molecule has 0 N–H and O–H groups in total. The van der Waals surface area contributed by atoms with E-state index in [0.29, 0.717) is 12.1 Å². The quantitative estimate of drug-likeness (QED) is 0.854. The fraction of sp³-hybridized carbons (Fsp3) is 0.312. The van der Waals surface area contributed by atoms with E-state index in [1.54, 1.807) is 6.20 Å². The van der Waals surface area contributed by atoms with Gasteiger partial charge in [-0.3, -0.25) is 4.98 Å². The lowest BCUT2D eigenvalue weighted by Crippen LogP contribution is -2.19. The monoisotopic (exact) mass is 264 g/mol. The van der Waals surface area contributed by atoms with Gasteiger partial charge in [-0.25, -0.2) is 4.98 Å². The van der Waals surface area contributed by atoms with Gasteiger partial charge in [-0.2, -0.15) is 5.26 Å². The molecule has 3 rings (SSSR count). The van der Waals surface area contributed by atoms with Gasteiger partial charge in [0.1, 0.15) is 11.9 Å². The highest BCUT2D eigenvalue weighted by atomic mass is 15.2. The minimum absolute atomic E-state index is 0.664. The van der Waals surface area contributed by atoms with Crippen LogP contribution in [0.4, 0.5) is 5.82 Å². The number of pyridine rings is 2. The molecule has 0 amide bonds. The number of nitriles is 1. The minimum Gasteiger partial charge on any atom is -0.354 e. The average Bonchev–Trinajstić information content (AvgIpc) is 2.94. The lowest BCUT2D eigenvalue weighted by Gasteiger charge is -2.20. The third kappa shape index (κ3) is 2.35. The molecule has 2 heterocycles. The van der Waals surface area contributed by atoms with E-state index in [0.717, 1.165) is 36.3 Å². The van der Waals surface area contributed by atoms with E-state index in [1.807, 2.05) is 36.3 Å². The van der Waals surface area contributed by atoms with Crippen molar-refractivity contribution in [3.63, 3.8) is 0 Å². The van der Waals surface area contributed by atoms with Crippen LogP contribution in [-0.4, -0.2) is 17.0 Å². The summed E-state index contributed by atoms with van der Waals surface area (Å²) in [5, 5.41) is 9.34. The van der Waals surface area contributed by atoms with Crippen LogP contribution in [0.1, 0.15) is 28.8 Å². The molecule has 20 heavy (non-hydrogen) atoms. The van der Waals surface area contributed by atoms with Crippen molar-refractivity contribution in [1.82, 2.24) is 9.97 Å². The van der Waals surface area contributed by atoms with Gasteiger partial charge in [0.05, 0.1) is 5.56 Å². The number of anilines is 1. The summed E-state index contributed by atoms with van der Waals surface area (Å²) in [5.74, 6) is 0.775. The van der Waals surface area contributed by atoms with E-state index in [2.05, 4.69) is 11.1 Å². The second-order valence-electron chi connectivity index (χ2n) is 5.15. The van der Waals surface area contributed by atoms with Crippen molar-refractivity contribution in [3.05, 3.63) is 53.0 Å². The van der Waals surface area contributed by atoms with Gasteiger partial charge in [0.15, 0.2) is 0 Å². The van der Waals surface area contributed by atoms with Crippen LogP contribution < -0.4 is 4.90 Å². The molecule has 0 saturated heterocycles. The summed E-state index contributed by atoms with van der Waals surface area (Å²) in [6, 6.07) is 8.23. The van der Waals surface area contributed by atoms with Gasteiger partial charge in [0.25, 0.3) is 0 Å². The number of fused-ring (bicyclic) bond motifs is 1. The Morgan fingerprint density at radius 1 is 1.40 bits per heavy atom. The zero-order chi connectivity index (χ0) is 13.9. The van der Waals surface area contributed by atoms with Crippen molar-refractivity contribution in [3.8, 4) is 6.07 Å². The molecule has 0 fully saturated rings. The highest BCUT2D eigenvalue weighted by molar-refractivity contribution is 5.56. The molecule has 0 aliphatic heterocycles. The van der Waals surface area contributed by atoms with E-state index in [9.17, 15) is 5.26 Å². The molecule has 2 aromatic heterocycles. The van der Waals surface area contributed by atoms with Crippen molar-refractivity contribution in [2.24, 2.45) is 0 Å². The van der Waals surface area contributed by atoms with Crippen molar-refractivity contribution >= 4 is 5.82 Å². The average molecular weight is 264 g/mol. The maximum absolute atomic E-state index is 9.34. The van der Waals surface area contributed by atoms with Crippen molar-refractivity contribution in [1.29, 1.82) is 5.26 Å². The van der Waals surface area contributed by atoms with Crippen LogP contribution in [0.3, 0.4) is 0 Å². The van der Waals surface area contributed by atoms with Crippen LogP contribution in [0.5, 0.6) is 0 Å². The fourth-order valence-corrected chi connectivity index (χ4v) is 2.67. The Kier molecular flexibility index (Phi) is 3.34. The highest BCUT2D eigenvalue weighted by Crippen LogP contribution is 2.27. The van der Waals surface area contributed by atoms with E-state index >= 15 is 0 Å². The number of aromatic nitrogens is 2. The zero-order valence-corrected chi connectivity index (χ0v) is 11.5. The van der Waals surface area contributed by atoms with Gasteiger partial charge in [-0.15, -0.1) is 0 Å². The fourth-order valence-electron chi connectivity index (χ4n) is 2.67. The Balaban J connectivity index is 1.91. The maximum atomic E-state index is 9.34. The third-order valence-electron chi connectivity index (χ3n) is 3.66. The van der Waals surface area contributed by atoms with Crippen LogP contribution in [0.2, 0.25) is 0 Å². The van der Waals surface area contributed by atoms with Crippen molar-refractivity contribution in [2.45, 2.75) is 25.8 Å². The summed E-state index contributed by atoms with van der Waals surface area (Å²) < 4.78 is 0. The predicted octanol–water partition coefficient (Wildman–Crippen LogP) is 2.47. The molecular formula is C16H16N4. The predicted molar refractivity (Wildman–Crippen MR) is 77.3 cm³/mol. The van der Waals surface area contributed by atoms with E-state index in [-0.39, 0.29) is 0 Å². The second-order valence-corrected chi connectivity index (χ2v) is 5.15. The summed E-state index contributed by atoms with van der Waals surface area (Å²) in [6.07, 6.45) is 6.81. The van der Waals surface area contributed by atoms with Gasteiger partial charge in [0, 0.05) is 31.7 Å². The van der Waals surface area contributed by atoms with Crippen LogP contribution in [0, 0.1) is 11.3 Å². The summed E-state index contributed by atoms with van der Waals surface area (Å²) in [6.45, 7) is 0.703. The summed E-state index contributed by atoms with van der Waals surface area (Å²) in [7, 11) is 1.97. The number of aryl methyl sites for hydroxylation is 2. The topological polar surface area (TPSA) is 52.8 Å².